The van der Waals surface area contributed by atoms with E-state index in [2.05, 4.69) is 15.6 Å². The summed E-state index contributed by atoms with van der Waals surface area (Å²) in [7, 11) is 0. The number of carbonyl (C=O) groups is 1. The molecule has 0 saturated carbocycles. The van der Waals surface area contributed by atoms with Crippen LogP contribution < -0.4 is 10.6 Å². The zero-order valence-corrected chi connectivity index (χ0v) is 9.74. The summed E-state index contributed by atoms with van der Waals surface area (Å²) in [6.45, 7) is 0.318. The molecule has 1 aromatic heterocycles. The number of aliphatic hydroxyl groups is 1. The van der Waals surface area contributed by atoms with E-state index >= 15 is 0 Å². The molecule has 0 bridgehead atoms. The maximum Gasteiger partial charge on any atom is 0.417 e. The third kappa shape index (κ3) is 3.42. The number of rotatable bonds is 2. The summed E-state index contributed by atoms with van der Waals surface area (Å²) >= 11 is 0. The van der Waals surface area contributed by atoms with E-state index in [0.717, 1.165) is 12.1 Å². The van der Waals surface area contributed by atoms with Gasteiger partial charge in [-0.2, -0.15) is 13.2 Å². The number of nitrogens with zero attached hydrogens (tertiary/aromatic N) is 1. The number of alkyl halides is 3. The number of aliphatic hydroxyl groups excluding tert-OH is 1. The highest BCUT2D eigenvalue weighted by molar-refractivity contribution is 5.94. The van der Waals surface area contributed by atoms with Crippen molar-refractivity contribution >= 4 is 11.7 Å². The Kier molecular flexibility index (Phi) is 3.72. The lowest BCUT2D eigenvalue weighted by Crippen LogP contribution is -2.35. The minimum absolute atomic E-state index is 0.0428. The van der Waals surface area contributed by atoms with Crippen LogP contribution in [0.3, 0.4) is 0 Å². The number of β-amino-alcohol motifs (C(OH)–C–C–N with tert-alkyl or cyclic N) is 1. The van der Waals surface area contributed by atoms with Gasteiger partial charge in [0.05, 0.1) is 17.7 Å². The molecular formula is C11H12F3N3O2. The molecule has 0 radical (unpaired) electrons. The molecule has 2 rings (SSSR count). The number of hydrogen-bond donors (Lipinski definition) is 3. The fourth-order valence-electron chi connectivity index (χ4n) is 1.77. The third-order valence-corrected chi connectivity index (χ3v) is 2.77. The lowest BCUT2D eigenvalue weighted by molar-refractivity contribution is -0.137. The Morgan fingerprint density at radius 3 is 2.68 bits per heavy atom. The van der Waals surface area contributed by atoms with E-state index in [4.69, 9.17) is 0 Å². The maximum atomic E-state index is 12.3. The van der Waals surface area contributed by atoms with Gasteiger partial charge in [-0.15, -0.1) is 0 Å². The maximum absolute atomic E-state index is 12.3. The van der Waals surface area contributed by atoms with Gasteiger partial charge in [-0.3, -0.25) is 4.79 Å². The van der Waals surface area contributed by atoms with E-state index < -0.39 is 29.8 Å². The number of nitrogens with one attached hydrogen (secondary N) is 2. The standard InChI is InChI=1S/C11H12F3N3O2/c12-11(13,14)6-1-2-9(16-4-6)17-10(19)8-3-7(18)5-15-8/h1-2,4,7-8,15,18H,3,5H2,(H,16,17,19)/t7-,8+/m1/s1. The van der Waals surface area contributed by atoms with Crippen molar-refractivity contribution in [1.29, 1.82) is 0 Å². The Bertz CT molecular complexity index is 461. The van der Waals surface area contributed by atoms with Crippen molar-refractivity contribution in [3.63, 3.8) is 0 Å². The van der Waals surface area contributed by atoms with Crippen LogP contribution in [0.15, 0.2) is 18.3 Å². The zero-order valence-electron chi connectivity index (χ0n) is 9.74. The summed E-state index contributed by atoms with van der Waals surface area (Å²) in [5.74, 6) is -0.384. The molecule has 1 aliphatic rings. The van der Waals surface area contributed by atoms with E-state index in [9.17, 15) is 23.1 Å². The summed E-state index contributed by atoms with van der Waals surface area (Å²) in [4.78, 5) is 15.2. The highest BCUT2D eigenvalue weighted by Crippen LogP contribution is 2.28. The average molecular weight is 275 g/mol. The third-order valence-electron chi connectivity index (χ3n) is 2.77. The van der Waals surface area contributed by atoms with Crippen LogP contribution in [0.5, 0.6) is 0 Å². The van der Waals surface area contributed by atoms with E-state index in [-0.39, 0.29) is 12.2 Å². The largest absolute Gasteiger partial charge is 0.417 e. The van der Waals surface area contributed by atoms with Crippen LogP contribution >= 0.6 is 0 Å². The van der Waals surface area contributed by atoms with Gasteiger partial charge < -0.3 is 15.7 Å². The molecule has 0 unspecified atom stereocenters. The molecule has 0 spiro atoms. The first-order valence-corrected chi connectivity index (χ1v) is 5.62. The Balaban J connectivity index is 1.98. The molecule has 0 aromatic carbocycles. The Morgan fingerprint density at radius 1 is 1.47 bits per heavy atom. The van der Waals surface area contributed by atoms with Gasteiger partial charge in [0.2, 0.25) is 5.91 Å². The van der Waals surface area contributed by atoms with E-state index in [1.807, 2.05) is 0 Å². The van der Waals surface area contributed by atoms with E-state index in [1.54, 1.807) is 0 Å². The molecule has 19 heavy (non-hydrogen) atoms. The van der Waals surface area contributed by atoms with Crippen molar-refractivity contribution in [3.8, 4) is 0 Å². The highest BCUT2D eigenvalue weighted by atomic mass is 19.4. The number of carbonyl (C=O) groups excluding carboxylic acids is 1. The second-order valence-corrected chi connectivity index (χ2v) is 4.27. The first-order valence-electron chi connectivity index (χ1n) is 5.62. The van der Waals surface area contributed by atoms with Crippen molar-refractivity contribution < 1.29 is 23.1 Å². The van der Waals surface area contributed by atoms with Gasteiger partial charge in [0.1, 0.15) is 5.82 Å². The second-order valence-electron chi connectivity index (χ2n) is 4.27. The average Bonchev–Trinajstić information content (AvgIpc) is 2.75. The number of halogens is 3. The molecule has 2 atom stereocenters. The predicted octanol–water partition coefficient (Wildman–Crippen LogP) is 0.762. The molecule has 5 nitrogen and oxygen atoms in total. The Morgan fingerprint density at radius 2 is 2.21 bits per heavy atom. The summed E-state index contributed by atoms with van der Waals surface area (Å²) < 4.78 is 36.9. The molecule has 104 valence electrons. The molecule has 2 heterocycles. The monoisotopic (exact) mass is 275 g/mol. The fourth-order valence-corrected chi connectivity index (χ4v) is 1.77. The van der Waals surface area contributed by atoms with Gasteiger partial charge in [-0.25, -0.2) is 4.98 Å². The summed E-state index contributed by atoms with van der Waals surface area (Å²) in [5, 5.41) is 14.4. The van der Waals surface area contributed by atoms with Crippen LogP contribution in [0.1, 0.15) is 12.0 Å². The van der Waals surface area contributed by atoms with Crippen LogP contribution in [0.4, 0.5) is 19.0 Å². The minimum Gasteiger partial charge on any atom is -0.392 e. The number of pyridine rings is 1. The SMILES string of the molecule is O=C(Nc1ccc(C(F)(F)F)cn1)[C@@H]1C[C@@H](O)CN1. The van der Waals surface area contributed by atoms with Gasteiger partial charge in [0.25, 0.3) is 0 Å². The van der Waals surface area contributed by atoms with Crippen molar-refractivity contribution in [2.75, 3.05) is 11.9 Å². The summed E-state index contributed by atoms with van der Waals surface area (Å²) in [6, 6.07) is 1.38. The van der Waals surface area contributed by atoms with Crippen molar-refractivity contribution in [2.45, 2.75) is 24.7 Å². The molecule has 0 aliphatic carbocycles. The van der Waals surface area contributed by atoms with Gasteiger partial charge in [-0.1, -0.05) is 0 Å². The topological polar surface area (TPSA) is 74.2 Å². The lowest BCUT2D eigenvalue weighted by Gasteiger charge is -2.11. The smallest absolute Gasteiger partial charge is 0.392 e. The van der Waals surface area contributed by atoms with Gasteiger partial charge in [0, 0.05) is 12.7 Å². The molecule has 1 amide bonds. The van der Waals surface area contributed by atoms with E-state index in [0.29, 0.717) is 12.7 Å². The van der Waals surface area contributed by atoms with E-state index in [1.165, 1.54) is 0 Å². The molecule has 1 fully saturated rings. The number of amides is 1. The van der Waals surface area contributed by atoms with Gasteiger partial charge >= 0.3 is 6.18 Å². The molecule has 1 aromatic rings. The van der Waals surface area contributed by atoms with Crippen LogP contribution in [-0.2, 0) is 11.0 Å². The first-order chi connectivity index (χ1) is 8.86. The predicted molar refractivity (Wildman–Crippen MR) is 60.3 cm³/mol. The molecule has 8 heteroatoms. The lowest BCUT2D eigenvalue weighted by atomic mass is 10.2. The Labute approximate surface area is 106 Å². The normalized spacial score (nSPS) is 23.4. The molecule has 1 aliphatic heterocycles. The number of aromatic nitrogens is 1. The summed E-state index contributed by atoms with van der Waals surface area (Å²) in [5.41, 5.74) is -0.875. The first kappa shape index (κ1) is 13.8. The Hall–Kier alpha value is -1.67. The van der Waals surface area contributed by atoms with Crippen LogP contribution in [0.2, 0.25) is 0 Å². The van der Waals surface area contributed by atoms with Crippen LogP contribution in [-0.4, -0.2) is 34.7 Å². The minimum atomic E-state index is -4.45. The molecule has 1 saturated heterocycles. The van der Waals surface area contributed by atoms with Crippen molar-refractivity contribution in [3.05, 3.63) is 23.9 Å². The summed E-state index contributed by atoms with van der Waals surface area (Å²) in [6.07, 6.45) is -4.11. The molecule has 3 N–H and O–H groups in total. The highest BCUT2D eigenvalue weighted by Gasteiger charge is 2.31. The number of anilines is 1. The fraction of sp³-hybridized carbons (Fsp3) is 0.455. The van der Waals surface area contributed by atoms with Gasteiger partial charge in [-0.05, 0) is 18.6 Å². The second kappa shape index (κ2) is 5.14. The van der Waals surface area contributed by atoms with Crippen molar-refractivity contribution in [2.24, 2.45) is 0 Å². The van der Waals surface area contributed by atoms with Crippen molar-refractivity contribution in [1.82, 2.24) is 10.3 Å². The zero-order chi connectivity index (χ0) is 14.0. The van der Waals surface area contributed by atoms with Gasteiger partial charge in [0.15, 0.2) is 0 Å². The van der Waals surface area contributed by atoms with Crippen LogP contribution in [0.25, 0.3) is 0 Å². The quantitative estimate of drug-likeness (QED) is 0.745. The van der Waals surface area contributed by atoms with Crippen LogP contribution in [0, 0.1) is 0 Å². The molecular weight excluding hydrogens is 263 g/mol. The number of hydrogen-bond acceptors (Lipinski definition) is 4.